The number of rotatable bonds is 5. The van der Waals surface area contributed by atoms with Crippen LogP contribution in [0.4, 0.5) is 0 Å². The van der Waals surface area contributed by atoms with E-state index in [2.05, 4.69) is 47.4 Å². The van der Waals surface area contributed by atoms with E-state index in [1.165, 1.54) is 36.5 Å². The Balaban J connectivity index is 1.67. The highest BCUT2D eigenvalue weighted by Gasteiger charge is 2.18. The van der Waals surface area contributed by atoms with Crippen LogP contribution in [0, 0.1) is 6.92 Å². The van der Waals surface area contributed by atoms with E-state index in [0.717, 1.165) is 18.8 Å². The highest BCUT2D eigenvalue weighted by atomic mass is 32.1. The van der Waals surface area contributed by atoms with E-state index < -0.39 is 0 Å². The van der Waals surface area contributed by atoms with Gasteiger partial charge in [-0.1, -0.05) is 11.6 Å². The van der Waals surface area contributed by atoms with Crippen molar-refractivity contribution in [2.75, 3.05) is 19.6 Å². The Morgan fingerprint density at radius 2 is 2.21 bits per heavy atom. The van der Waals surface area contributed by atoms with E-state index in [1.807, 2.05) is 0 Å². The summed E-state index contributed by atoms with van der Waals surface area (Å²) in [5.74, 6) is 0. The molecule has 0 saturated carbocycles. The van der Waals surface area contributed by atoms with Crippen molar-refractivity contribution in [1.29, 1.82) is 0 Å². The minimum atomic E-state index is 0.659. The Morgan fingerprint density at radius 3 is 2.79 bits per heavy atom. The van der Waals surface area contributed by atoms with Crippen molar-refractivity contribution in [2.24, 2.45) is 0 Å². The molecule has 1 aromatic rings. The summed E-state index contributed by atoms with van der Waals surface area (Å²) in [4.78, 5) is 7.04. The first-order chi connectivity index (χ1) is 9.13. The van der Waals surface area contributed by atoms with Crippen molar-refractivity contribution in [2.45, 2.75) is 46.2 Å². The highest BCUT2D eigenvalue weighted by Crippen LogP contribution is 2.13. The quantitative estimate of drug-likeness (QED) is 0.840. The zero-order valence-corrected chi connectivity index (χ0v) is 13.1. The van der Waals surface area contributed by atoms with Gasteiger partial charge >= 0.3 is 0 Å². The molecular weight excluding hydrogens is 254 g/mol. The van der Waals surface area contributed by atoms with Gasteiger partial charge in [0.2, 0.25) is 0 Å². The first-order valence-corrected chi connectivity index (χ1v) is 8.01. The second kappa shape index (κ2) is 7.17. The molecule has 1 N–H and O–H groups in total. The number of allylic oxidation sites excluding steroid dienone is 1. The van der Waals surface area contributed by atoms with Crippen LogP contribution in [0.25, 0.3) is 0 Å². The third kappa shape index (κ3) is 5.05. The molecule has 0 atom stereocenters. The predicted molar refractivity (Wildman–Crippen MR) is 82.6 cm³/mol. The number of hydrogen-bond donors (Lipinski definition) is 1. The Hall–Kier alpha value is -0.710. The third-order valence-corrected chi connectivity index (χ3v) is 4.52. The monoisotopic (exact) mass is 279 g/mol. The first-order valence-electron chi connectivity index (χ1n) is 7.13. The number of thiazole rings is 1. The van der Waals surface area contributed by atoms with Crippen molar-refractivity contribution < 1.29 is 0 Å². The molecule has 1 aliphatic heterocycles. The van der Waals surface area contributed by atoms with E-state index in [9.17, 15) is 0 Å². The number of aryl methyl sites for hydroxylation is 1. The molecule has 0 radical (unpaired) electrons. The minimum absolute atomic E-state index is 0.659. The minimum Gasteiger partial charge on any atom is -0.308 e. The smallest absolute Gasteiger partial charge is 0.107 e. The van der Waals surface area contributed by atoms with Crippen molar-refractivity contribution >= 4 is 11.3 Å². The lowest BCUT2D eigenvalue weighted by Crippen LogP contribution is -2.42. The molecule has 1 fully saturated rings. The summed E-state index contributed by atoms with van der Waals surface area (Å²) >= 11 is 1.76. The van der Waals surface area contributed by atoms with Crippen LogP contribution in [0.3, 0.4) is 0 Å². The number of hydrogen-bond acceptors (Lipinski definition) is 4. The van der Waals surface area contributed by atoms with Crippen LogP contribution in [0.5, 0.6) is 0 Å². The lowest BCUT2D eigenvalue weighted by atomic mass is 10.1. The van der Waals surface area contributed by atoms with Crippen LogP contribution < -0.4 is 5.32 Å². The largest absolute Gasteiger partial charge is 0.308 e. The number of aromatic nitrogens is 1. The maximum atomic E-state index is 4.50. The van der Waals surface area contributed by atoms with Gasteiger partial charge in [0.25, 0.3) is 0 Å². The summed E-state index contributed by atoms with van der Waals surface area (Å²) in [6, 6.07) is 0.659. The summed E-state index contributed by atoms with van der Waals surface area (Å²) in [7, 11) is 0. The van der Waals surface area contributed by atoms with Gasteiger partial charge in [0.1, 0.15) is 5.01 Å². The lowest BCUT2D eigenvalue weighted by Gasteiger charge is -2.31. The Bertz CT molecular complexity index is 413. The fraction of sp³-hybridized carbons (Fsp3) is 0.667. The molecule has 1 aliphatic rings. The second-order valence-corrected chi connectivity index (χ2v) is 6.56. The Labute approximate surface area is 120 Å². The van der Waals surface area contributed by atoms with Crippen molar-refractivity contribution in [3.8, 4) is 0 Å². The van der Waals surface area contributed by atoms with Crippen molar-refractivity contribution in [1.82, 2.24) is 15.2 Å². The van der Waals surface area contributed by atoms with Crippen LogP contribution in [0.15, 0.2) is 17.0 Å². The highest BCUT2D eigenvalue weighted by molar-refractivity contribution is 7.09. The average Bonchev–Trinajstić information content (AvgIpc) is 2.81. The van der Waals surface area contributed by atoms with Gasteiger partial charge in [0.05, 0.1) is 0 Å². The van der Waals surface area contributed by atoms with Gasteiger partial charge in [-0.2, -0.15) is 0 Å². The first kappa shape index (κ1) is 14.7. The molecule has 0 amide bonds. The van der Waals surface area contributed by atoms with E-state index in [-0.39, 0.29) is 0 Å². The maximum absolute atomic E-state index is 4.50. The van der Waals surface area contributed by atoms with E-state index >= 15 is 0 Å². The molecule has 0 aromatic carbocycles. The van der Waals surface area contributed by atoms with Crippen LogP contribution in [-0.2, 0) is 6.54 Å². The molecule has 0 unspecified atom stereocenters. The molecule has 2 heterocycles. The molecule has 0 spiro atoms. The summed E-state index contributed by atoms with van der Waals surface area (Å²) in [5.41, 5.74) is 2.55. The fourth-order valence-electron chi connectivity index (χ4n) is 2.35. The topological polar surface area (TPSA) is 28.2 Å². The van der Waals surface area contributed by atoms with Gasteiger partial charge in [-0.25, -0.2) is 4.98 Å². The third-order valence-electron chi connectivity index (χ3n) is 3.55. The normalized spacial score (nSPS) is 17.6. The van der Waals surface area contributed by atoms with Crippen LogP contribution in [0.2, 0.25) is 0 Å². The van der Waals surface area contributed by atoms with Gasteiger partial charge in [-0.3, -0.25) is 4.90 Å². The molecule has 19 heavy (non-hydrogen) atoms. The molecule has 0 bridgehead atoms. The molecule has 4 heteroatoms. The summed E-state index contributed by atoms with van der Waals surface area (Å²) < 4.78 is 0. The molecule has 0 aliphatic carbocycles. The zero-order valence-electron chi connectivity index (χ0n) is 12.3. The molecule has 1 aromatic heterocycles. The van der Waals surface area contributed by atoms with Gasteiger partial charge in [0, 0.05) is 30.2 Å². The standard InChI is InChI=1S/C15H25N3S/c1-12(2)4-7-18-8-5-14(6-9-18)16-10-15-17-13(3)11-19-15/h4,11,14,16H,5-10H2,1-3H3. The zero-order chi connectivity index (χ0) is 13.7. The van der Waals surface area contributed by atoms with E-state index in [0.29, 0.717) is 6.04 Å². The molecular formula is C15H25N3S. The second-order valence-electron chi connectivity index (χ2n) is 5.62. The summed E-state index contributed by atoms with van der Waals surface area (Å²) in [5, 5.41) is 6.98. The van der Waals surface area contributed by atoms with Gasteiger partial charge in [-0.05, 0) is 46.7 Å². The predicted octanol–water partition coefficient (Wildman–Crippen LogP) is 2.97. The Morgan fingerprint density at radius 1 is 1.47 bits per heavy atom. The van der Waals surface area contributed by atoms with Crippen molar-refractivity contribution in [3.63, 3.8) is 0 Å². The van der Waals surface area contributed by atoms with Gasteiger partial charge in [0.15, 0.2) is 0 Å². The average molecular weight is 279 g/mol. The van der Waals surface area contributed by atoms with Crippen LogP contribution in [0.1, 0.15) is 37.4 Å². The molecule has 106 valence electrons. The number of nitrogens with zero attached hydrogens (tertiary/aromatic N) is 2. The maximum Gasteiger partial charge on any atom is 0.107 e. The Kier molecular flexibility index (Phi) is 5.55. The molecule has 1 saturated heterocycles. The van der Waals surface area contributed by atoms with Gasteiger partial charge < -0.3 is 5.32 Å². The molecule has 2 rings (SSSR count). The van der Waals surface area contributed by atoms with Crippen molar-refractivity contribution in [3.05, 3.63) is 27.7 Å². The van der Waals surface area contributed by atoms with Gasteiger partial charge in [-0.15, -0.1) is 11.3 Å². The van der Waals surface area contributed by atoms with E-state index in [4.69, 9.17) is 0 Å². The fourth-order valence-corrected chi connectivity index (χ4v) is 3.07. The van der Waals surface area contributed by atoms with E-state index in [1.54, 1.807) is 11.3 Å². The van der Waals surface area contributed by atoms with Crippen LogP contribution in [-0.4, -0.2) is 35.6 Å². The number of likely N-dealkylation sites (tertiary alicyclic amines) is 1. The SMILES string of the molecule is CC(C)=CCN1CCC(NCc2nc(C)cs2)CC1. The summed E-state index contributed by atoms with van der Waals surface area (Å²) in [6.07, 6.45) is 4.83. The molecule has 3 nitrogen and oxygen atoms in total. The van der Waals surface area contributed by atoms with Crippen LogP contribution >= 0.6 is 11.3 Å². The lowest BCUT2D eigenvalue weighted by molar-refractivity contribution is 0.214. The number of nitrogens with one attached hydrogen (secondary N) is 1. The summed E-state index contributed by atoms with van der Waals surface area (Å²) in [6.45, 7) is 10.9. The number of piperidine rings is 1.